The van der Waals surface area contributed by atoms with Gasteiger partial charge in [-0.2, -0.15) is 0 Å². The third-order valence-electron chi connectivity index (χ3n) is 4.71. The maximum Gasteiger partial charge on any atom is 0.251 e. The lowest BCUT2D eigenvalue weighted by Crippen LogP contribution is -2.53. The predicted octanol–water partition coefficient (Wildman–Crippen LogP) is 1.84. The van der Waals surface area contributed by atoms with Crippen molar-refractivity contribution in [2.24, 2.45) is 11.7 Å². The summed E-state index contributed by atoms with van der Waals surface area (Å²) < 4.78 is 5.09. The van der Waals surface area contributed by atoms with Gasteiger partial charge in [0, 0.05) is 17.6 Å². The first-order valence-electron chi connectivity index (χ1n) is 8.91. The van der Waals surface area contributed by atoms with Crippen molar-refractivity contribution < 1.29 is 14.3 Å². The van der Waals surface area contributed by atoms with Gasteiger partial charge >= 0.3 is 0 Å². The number of benzene rings is 1. The van der Waals surface area contributed by atoms with Crippen LogP contribution in [0.1, 0.15) is 49.9 Å². The van der Waals surface area contributed by atoms with Crippen molar-refractivity contribution in [1.82, 2.24) is 10.6 Å². The topological polar surface area (TPSA) is 93.4 Å². The van der Waals surface area contributed by atoms with E-state index in [1.807, 2.05) is 13.8 Å². The van der Waals surface area contributed by atoms with Crippen LogP contribution in [0.3, 0.4) is 0 Å². The van der Waals surface area contributed by atoms with Crippen molar-refractivity contribution in [2.75, 3.05) is 7.11 Å². The molecule has 1 aliphatic rings. The molecule has 1 aromatic carbocycles. The number of nitrogens with two attached hydrogens (primary N) is 1. The number of ether oxygens (including phenoxy) is 1. The molecule has 0 aromatic heterocycles. The number of carbonyl (C=O) groups is 2. The van der Waals surface area contributed by atoms with Crippen LogP contribution in [-0.2, 0) is 4.79 Å². The van der Waals surface area contributed by atoms with Crippen molar-refractivity contribution in [3.8, 4) is 5.75 Å². The van der Waals surface area contributed by atoms with Crippen molar-refractivity contribution in [3.05, 3.63) is 29.8 Å². The van der Waals surface area contributed by atoms with Crippen LogP contribution < -0.4 is 21.1 Å². The van der Waals surface area contributed by atoms with Gasteiger partial charge < -0.3 is 21.1 Å². The first kappa shape index (κ1) is 19.2. The van der Waals surface area contributed by atoms with Crippen LogP contribution in [0.25, 0.3) is 0 Å². The van der Waals surface area contributed by atoms with E-state index in [9.17, 15) is 9.59 Å². The molecule has 1 saturated carbocycles. The molecule has 1 fully saturated rings. The molecule has 2 rings (SSSR count). The van der Waals surface area contributed by atoms with Gasteiger partial charge in [0.2, 0.25) is 5.91 Å². The average Bonchev–Trinajstić information content (AvgIpc) is 2.61. The van der Waals surface area contributed by atoms with Crippen LogP contribution in [0, 0.1) is 5.92 Å². The highest BCUT2D eigenvalue weighted by Gasteiger charge is 2.28. The van der Waals surface area contributed by atoms with Gasteiger partial charge in [0.05, 0.1) is 7.11 Å². The van der Waals surface area contributed by atoms with Crippen molar-refractivity contribution in [2.45, 2.75) is 57.7 Å². The highest BCUT2D eigenvalue weighted by atomic mass is 16.5. The SMILES string of the molecule is COc1ccc(C(=O)NC(C(=O)NC2CCC(N)CC2)C(C)C)cc1. The van der Waals surface area contributed by atoms with Crippen LogP contribution in [0.15, 0.2) is 24.3 Å². The van der Waals surface area contributed by atoms with Gasteiger partial charge in [-0.3, -0.25) is 9.59 Å². The summed E-state index contributed by atoms with van der Waals surface area (Å²) in [6, 6.07) is 6.65. The van der Waals surface area contributed by atoms with E-state index in [1.165, 1.54) is 0 Å². The zero-order chi connectivity index (χ0) is 18.4. The van der Waals surface area contributed by atoms with Crippen LogP contribution in [0.2, 0.25) is 0 Å². The molecule has 6 nitrogen and oxygen atoms in total. The minimum Gasteiger partial charge on any atom is -0.497 e. The predicted molar refractivity (Wildman–Crippen MR) is 97.5 cm³/mol. The molecule has 0 aliphatic heterocycles. The lowest BCUT2D eigenvalue weighted by Gasteiger charge is -2.29. The van der Waals surface area contributed by atoms with Crippen molar-refractivity contribution >= 4 is 11.8 Å². The fourth-order valence-electron chi connectivity index (χ4n) is 3.06. The lowest BCUT2D eigenvalue weighted by molar-refractivity contribution is -0.124. The summed E-state index contributed by atoms with van der Waals surface area (Å²) in [5.41, 5.74) is 6.41. The molecule has 138 valence electrons. The van der Waals surface area contributed by atoms with E-state index >= 15 is 0 Å². The van der Waals surface area contributed by atoms with Crippen LogP contribution in [0.4, 0.5) is 0 Å². The zero-order valence-corrected chi connectivity index (χ0v) is 15.2. The molecule has 0 spiro atoms. The van der Waals surface area contributed by atoms with Gasteiger partial charge in [0.1, 0.15) is 11.8 Å². The third kappa shape index (κ3) is 5.46. The number of carbonyl (C=O) groups excluding carboxylic acids is 2. The Kier molecular flexibility index (Phi) is 6.82. The third-order valence-corrected chi connectivity index (χ3v) is 4.71. The number of hydrogen-bond acceptors (Lipinski definition) is 4. The molecule has 1 aliphatic carbocycles. The summed E-state index contributed by atoms with van der Waals surface area (Å²) in [6.45, 7) is 3.85. The summed E-state index contributed by atoms with van der Waals surface area (Å²) in [6.07, 6.45) is 3.64. The van der Waals surface area contributed by atoms with E-state index in [0.717, 1.165) is 25.7 Å². The van der Waals surface area contributed by atoms with Gasteiger partial charge in [-0.15, -0.1) is 0 Å². The molecule has 25 heavy (non-hydrogen) atoms. The number of amides is 2. The molecule has 4 N–H and O–H groups in total. The van der Waals surface area contributed by atoms with E-state index < -0.39 is 6.04 Å². The molecule has 1 aromatic rings. The number of rotatable bonds is 6. The van der Waals surface area contributed by atoms with Crippen LogP contribution >= 0.6 is 0 Å². The Hall–Kier alpha value is -2.08. The van der Waals surface area contributed by atoms with Gasteiger partial charge in [-0.05, 0) is 55.9 Å². The molecule has 1 atom stereocenters. The van der Waals surface area contributed by atoms with Gasteiger partial charge in [-0.25, -0.2) is 0 Å². The van der Waals surface area contributed by atoms with E-state index in [-0.39, 0.29) is 29.8 Å². The molecule has 6 heteroatoms. The average molecular weight is 347 g/mol. The fourth-order valence-corrected chi connectivity index (χ4v) is 3.06. The highest BCUT2D eigenvalue weighted by Crippen LogP contribution is 2.18. The smallest absolute Gasteiger partial charge is 0.251 e. The second kappa shape index (κ2) is 8.85. The standard InChI is InChI=1S/C19H29N3O3/c1-12(2)17(19(24)21-15-8-6-14(20)7-9-15)22-18(23)13-4-10-16(25-3)11-5-13/h4-5,10-12,14-15,17H,6-9,20H2,1-3H3,(H,21,24)(H,22,23). The summed E-state index contributed by atoms with van der Waals surface area (Å²) in [5, 5.41) is 5.92. The molecule has 0 heterocycles. The maximum absolute atomic E-state index is 12.6. The normalized spacial score (nSPS) is 21.5. The Balaban J connectivity index is 1.96. The Bertz CT molecular complexity index is 578. The first-order chi connectivity index (χ1) is 11.9. The molecule has 2 amide bonds. The van der Waals surface area contributed by atoms with E-state index in [4.69, 9.17) is 10.5 Å². The molecule has 0 saturated heterocycles. The van der Waals surface area contributed by atoms with Gasteiger partial charge in [-0.1, -0.05) is 13.8 Å². The number of nitrogens with one attached hydrogen (secondary N) is 2. The van der Waals surface area contributed by atoms with E-state index in [2.05, 4.69) is 10.6 Å². The van der Waals surface area contributed by atoms with Crippen LogP contribution in [0.5, 0.6) is 5.75 Å². The zero-order valence-electron chi connectivity index (χ0n) is 15.2. The molecule has 0 bridgehead atoms. The first-order valence-corrected chi connectivity index (χ1v) is 8.91. The quantitative estimate of drug-likeness (QED) is 0.732. The summed E-state index contributed by atoms with van der Waals surface area (Å²) >= 11 is 0. The van der Waals surface area contributed by atoms with Crippen LogP contribution in [-0.4, -0.2) is 37.0 Å². The maximum atomic E-state index is 12.6. The minimum absolute atomic E-state index is 0.00644. The lowest BCUT2D eigenvalue weighted by atomic mass is 9.91. The van der Waals surface area contributed by atoms with Crippen molar-refractivity contribution in [1.29, 1.82) is 0 Å². The Labute approximate surface area is 149 Å². The Morgan fingerprint density at radius 1 is 1.12 bits per heavy atom. The highest BCUT2D eigenvalue weighted by molar-refractivity contribution is 5.97. The van der Waals surface area contributed by atoms with Crippen molar-refractivity contribution in [3.63, 3.8) is 0 Å². The monoisotopic (exact) mass is 347 g/mol. The van der Waals surface area contributed by atoms with Gasteiger partial charge in [0.15, 0.2) is 0 Å². The van der Waals surface area contributed by atoms with E-state index in [0.29, 0.717) is 11.3 Å². The molecule has 1 unspecified atom stereocenters. The largest absolute Gasteiger partial charge is 0.497 e. The minimum atomic E-state index is -0.565. The van der Waals surface area contributed by atoms with Gasteiger partial charge in [0.25, 0.3) is 5.91 Å². The molecular weight excluding hydrogens is 318 g/mol. The Morgan fingerprint density at radius 3 is 2.24 bits per heavy atom. The summed E-state index contributed by atoms with van der Waals surface area (Å²) in [7, 11) is 1.58. The summed E-state index contributed by atoms with van der Waals surface area (Å²) in [5.74, 6) is 0.290. The second-order valence-corrected chi connectivity index (χ2v) is 7.04. The Morgan fingerprint density at radius 2 is 1.72 bits per heavy atom. The molecule has 0 radical (unpaired) electrons. The molecular formula is C19H29N3O3. The number of hydrogen-bond donors (Lipinski definition) is 3. The fraction of sp³-hybridized carbons (Fsp3) is 0.579. The van der Waals surface area contributed by atoms with E-state index in [1.54, 1.807) is 31.4 Å². The summed E-state index contributed by atoms with van der Waals surface area (Å²) in [4.78, 5) is 25.1. The second-order valence-electron chi connectivity index (χ2n) is 7.04. The number of methoxy groups -OCH3 is 1.